The highest BCUT2D eigenvalue weighted by Gasteiger charge is 2.20. The zero-order valence-electron chi connectivity index (χ0n) is 15.7. The molecule has 140 valence electrons. The number of aryl methyl sites for hydroxylation is 1. The number of likely N-dealkylation sites (N-methyl/N-ethyl adjacent to an activating group) is 1. The van der Waals surface area contributed by atoms with Gasteiger partial charge in [0, 0.05) is 32.0 Å². The van der Waals surface area contributed by atoms with Crippen molar-refractivity contribution in [1.29, 1.82) is 0 Å². The number of rotatable bonds is 7. The van der Waals surface area contributed by atoms with Crippen molar-refractivity contribution in [2.45, 2.75) is 12.6 Å². The molecular weight excluding hydrogens is 332 g/mol. The molecule has 0 spiro atoms. The summed E-state index contributed by atoms with van der Waals surface area (Å²) in [7, 11) is 7.42. The summed E-state index contributed by atoms with van der Waals surface area (Å²) in [6.07, 6.45) is 1.95. The molecule has 0 bridgehead atoms. The molecule has 1 unspecified atom stereocenters. The fourth-order valence-corrected chi connectivity index (χ4v) is 2.65. The molecule has 0 aliphatic carbocycles. The van der Waals surface area contributed by atoms with E-state index < -0.39 is 11.8 Å². The Morgan fingerprint density at radius 2 is 1.77 bits per heavy atom. The highest BCUT2D eigenvalue weighted by molar-refractivity contribution is 6.35. The van der Waals surface area contributed by atoms with Crippen molar-refractivity contribution in [3.63, 3.8) is 0 Å². The lowest BCUT2D eigenvalue weighted by Crippen LogP contribution is -2.43. The van der Waals surface area contributed by atoms with Gasteiger partial charge in [-0.2, -0.15) is 0 Å². The van der Waals surface area contributed by atoms with Gasteiger partial charge in [0.25, 0.3) is 0 Å². The molecule has 2 N–H and O–H groups in total. The summed E-state index contributed by atoms with van der Waals surface area (Å²) in [5.41, 5.74) is 1.95. The van der Waals surface area contributed by atoms with Crippen LogP contribution in [0.2, 0.25) is 0 Å². The largest absolute Gasteiger partial charge is 0.497 e. The summed E-state index contributed by atoms with van der Waals surface area (Å²) >= 11 is 0. The lowest BCUT2D eigenvalue weighted by molar-refractivity contribution is -0.139. The van der Waals surface area contributed by atoms with E-state index in [1.165, 1.54) is 0 Å². The molecule has 2 aromatic rings. The van der Waals surface area contributed by atoms with Gasteiger partial charge in [-0.3, -0.25) is 14.5 Å². The average molecular weight is 358 g/mol. The molecule has 1 aromatic carbocycles. The Labute approximate surface area is 153 Å². The lowest BCUT2D eigenvalue weighted by atomic mass is 10.2. The molecule has 7 heteroatoms. The Hall–Kier alpha value is -2.80. The highest BCUT2D eigenvalue weighted by Crippen LogP contribution is 2.17. The van der Waals surface area contributed by atoms with Gasteiger partial charge in [-0.05, 0) is 43.9 Å². The van der Waals surface area contributed by atoms with E-state index in [-0.39, 0.29) is 12.6 Å². The van der Waals surface area contributed by atoms with Crippen LogP contribution in [0.1, 0.15) is 17.3 Å². The summed E-state index contributed by atoms with van der Waals surface area (Å²) in [6, 6.07) is 11.2. The van der Waals surface area contributed by atoms with Crippen LogP contribution >= 0.6 is 0 Å². The van der Waals surface area contributed by atoms with E-state index in [9.17, 15) is 9.59 Å². The van der Waals surface area contributed by atoms with Gasteiger partial charge in [0.05, 0.1) is 13.2 Å². The summed E-state index contributed by atoms with van der Waals surface area (Å²) in [6.45, 7) is 0.630. The van der Waals surface area contributed by atoms with Crippen LogP contribution in [0.25, 0.3) is 0 Å². The van der Waals surface area contributed by atoms with Gasteiger partial charge in [0.2, 0.25) is 0 Å². The second-order valence-electron chi connectivity index (χ2n) is 6.26. The van der Waals surface area contributed by atoms with Gasteiger partial charge in [-0.15, -0.1) is 0 Å². The van der Waals surface area contributed by atoms with E-state index in [4.69, 9.17) is 4.74 Å². The molecular formula is C19H26N4O3. The van der Waals surface area contributed by atoms with E-state index in [1.807, 2.05) is 73.2 Å². The van der Waals surface area contributed by atoms with Crippen molar-refractivity contribution in [2.75, 3.05) is 27.7 Å². The molecule has 2 amide bonds. The van der Waals surface area contributed by atoms with Gasteiger partial charge in [-0.25, -0.2) is 0 Å². The van der Waals surface area contributed by atoms with E-state index in [0.29, 0.717) is 6.54 Å². The van der Waals surface area contributed by atoms with E-state index in [1.54, 1.807) is 7.11 Å². The fraction of sp³-hybridized carbons (Fsp3) is 0.368. The van der Waals surface area contributed by atoms with E-state index in [0.717, 1.165) is 17.0 Å². The first-order valence-electron chi connectivity index (χ1n) is 8.39. The fourth-order valence-electron chi connectivity index (χ4n) is 2.65. The third-order valence-corrected chi connectivity index (χ3v) is 4.22. The Morgan fingerprint density at radius 1 is 1.12 bits per heavy atom. The third-order valence-electron chi connectivity index (χ3n) is 4.22. The number of hydrogen-bond donors (Lipinski definition) is 2. The number of carbonyl (C=O) groups excluding carboxylic acids is 2. The van der Waals surface area contributed by atoms with Gasteiger partial charge in [0.1, 0.15) is 5.75 Å². The van der Waals surface area contributed by atoms with Crippen LogP contribution in [-0.2, 0) is 23.2 Å². The van der Waals surface area contributed by atoms with Gasteiger partial charge >= 0.3 is 11.8 Å². The Kier molecular flexibility index (Phi) is 6.80. The number of aromatic nitrogens is 1. The second kappa shape index (κ2) is 9.05. The number of methoxy groups -OCH3 is 1. The zero-order valence-corrected chi connectivity index (χ0v) is 15.7. The molecule has 2 rings (SSSR count). The molecule has 0 saturated heterocycles. The minimum Gasteiger partial charge on any atom is -0.497 e. The maximum absolute atomic E-state index is 12.1. The smallest absolute Gasteiger partial charge is 0.309 e. The molecule has 0 aliphatic rings. The first-order valence-corrected chi connectivity index (χ1v) is 8.39. The van der Waals surface area contributed by atoms with Crippen molar-refractivity contribution in [3.05, 3.63) is 53.9 Å². The number of benzene rings is 1. The van der Waals surface area contributed by atoms with E-state index >= 15 is 0 Å². The minimum atomic E-state index is -0.648. The Morgan fingerprint density at radius 3 is 2.31 bits per heavy atom. The van der Waals surface area contributed by atoms with Crippen LogP contribution in [0.4, 0.5) is 0 Å². The maximum atomic E-state index is 12.1. The molecule has 0 saturated carbocycles. The van der Waals surface area contributed by atoms with Crippen LogP contribution < -0.4 is 15.4 Å². The van der Waals surface area contributed by atoms with Crippen LogP contribution in [0.15, 0.2) is 42.6 Å². The predicted octanol–water partition coefficient (Wildman–Crippen LogP) is 1.07. The SMILES string of the molecule is COc1ccc(CNC(=O)C(=O)NCC(c2cccn2C)N(C)C)cc1. The molecule has 0 radical (unpaired) electrons. The Balaban J connectivity index is 1.85. The number of nitrogens with zero attached hydrogens (tertiary/aromatic N) is 2. The van der Waals surface area contributed by atoms with Gasteiger partial charge < -0.3 is 19.9 Å². The number of hydrogen-bond acceptors (Lipinski definition) is 4. The predicted molar refractivity (Wildman–Crippen MR) is 99.7 cm³/mol. The zero-order chi connectivity index (χ0) is 19.1. The summed E-state index contributed by atoms with van der Waals surface area (Å²) in [5.74, 6) is -0.544. The van der Waals surface area contributed by atoms with Crippen LogP contribution in [0.5, 0.6) is 5.75 Å². The highest BCUT2D eigenvalue weighted by atomic mass is 16.5. The summed E-state index contributed by atoms with van der Waals surface area (Å²) in [5, 5.41) is 5.33. The monoisotopic (exact) mass is 358 g/mol. The number of amides is 2. The average Bonchev–Trinajstić information content (AvgIpc) is 3.05. The molecule has 1 atom stereocenters. The number of nitrogens with one attached hydrogen (secondary N) is 2. The third kappa shape index (κ3) is 5.10. The molecule has 0 aliphatic heterocycles. The van der Waals surface area contributed by atoms with Crippen LogP contribution in [-0.4, -0.2) is 49.0 Å². The second-order valence-corrected chi connectivity index (χ2v) is 6.26. The van der Waals surface area contributed by atoms with Crippen molar-refractivity contribution >= 4 is 11.8 Å². The molecule has 7 nitrogen and oxygen atoms in total. The number of ether oxygens (including phenoxy) is 1. The summed E-state index contributed by atoms with van der Waals surface area (Å²) in [4.78, 5) is 26.1. The van der Waals surface area contributed by atoms with Crippen molar-refractivity contribution in [2.24, 2.45) is 7.05 Å². The van der Waals surface area contributed by atoms with Crippen LogP contribution in [0.3, 0.4) is 0 Å². The van der Waals surface area contributed by atoms with E-state index in [2.05, 4.69) is 10.6 Å². The normalized spacial score (nSPS) is 11.9. The standard InChI is InChI=1S/C19H26N4O3/c1-22(2)17(16-6-5-11-23(16)3)13-21-19(25)18(24)20-12-14-7-9-15(26-4)10-8-14/h5-11,17H,12-13H2,1-4H3,(H,20,24)(H,21,25). The quantitative estimate of drug-likeness (QED) is 0.726. The van der Waals surface area contributed by atoms with Crippen LogP contribution in [0, 0.1) is 0 Å². The molecule has 0 fully saturated rings. The molecule has 1 heterocycles. The maximum Gasteiger partial charge on any atom is 0.309 e. The lowest BCUT2D eigenvalue weighted by Gasteiger charge is -2.25. The van der Waals surface area contributed by atoms with Crippen molar-refractivity contribution < 1.29 is 14.3 Å². The molecule has 1 aromatic heterocycles. The Bertz CT molecular complexity index is 737. The first kappa shape index (κ1) is 19.5. The topological polar surface area (TPSA) is 75.6 Å². The summed E-state index contributed by atoms with van der Waals surface area (Å²) < 4.78 is 7.09. The van der Waals surface area contributed by atoms with Crippen molar-refractivity contribution in [1.82, 2.24) is 20.1 Å². The van der Waals surface area contributed by atoms with Crippen molar-refractivity contribution in [3.8, 4) is 5.75 Å². The minimum absolute atomic E-state index is 0.0201. The molecule has 26 heavy (non-hydrogen) atoms. The number of carbonyl (C=O) groups is 2. The van der Waals surface area contributed by atoms with Gasteiger partial charge in [0.15, 0.2) is 0 Å². The van der Waals surface area contributed by atoms with Gasteiger partial charge in [-0.1, -0.05) is 12.1 Å². The first-order chi connectivity index (χ1) is 12.4.